The van der Waals surface area contributed by atoms with Crippen LogP contribution in [0.25, 0.3) is 0 Å². The Hall–Kier alpha value is -1.39. The van der Waals surface area contributed by atoms with Crippen LogP contribution in [0.15, 0.2) is 40.9 Å². The topological polar surface area (TPSA) is 26.3 Å². The van der Waals surface area contributed by atoms with E-state index >= 15 is 0 Å². The van der Waals surface area contributed by atoms with Crippen LogP contribution in [0.4, 0.5) is 4.39 Å². The van der Waals surface area contributed by atoms with E-state index in [1.165, 1.54) is 19.1 Å². The highest BCUT2D eigenvalue weighted by atomic mass is 79.9. The first kappa shape index (κ1) is 14.0. The lowest BCUT2D eigenvalue weighted by Crippen LogP contribution is -1.97. The van der Waals surface area contributed by atoms with E-state index in [4.69, 9.17) is 16.3 Å². The number of carbonyl (C=O) groups excluding carboxylic acids is 1. The van der Waals surface area contributed by atoms with Gasteiger partial charge >= 0.3 is 0 Å². The summed E-state index contributed by atoms with van der Waals surface area (Å²) in [5.74, 6) is 0.103. The van der Waals surface area contributed by atoms with Crippen molar-refractivity contribution in [3.8, 4) is 11.5 Å². The van der Waals surface area contributed by atoms with Crippen molar-refractivity contribution in [1.82, 2.24) is 0 Å². The Morgan fingerprint density at radius 2 is 1.89 bits per heavy atom. The van der Waals surface area contributed by atoms with Gasteiger partial charge in [-0.05, 0) is 43.3 Å². The third-order valence-corrected chi connectivity index (χ3v) is 3.22. The van der Waals surface area contributed by atoms with Crippen molar-refractivity contribution >= 4 is 33.3 Å². The summed E-state index contributed by atoms with van der Waals surface area (Å²) in [5, 5.41) is 0.150. The summed E-state index contributed by atoms with van der Waals surface area (Å²) in [5.41, 5.74) is 0.426. The number of hydrogen-bond donors (Lipinski definition) is 0. The van der Waals surface area contributed by atoms with Gasteiger partial charge in [0.05, 0.1) is 10.6 Å². The molecule has 2 aromatic carbocycles. The maximum atomic E-state index is 12.9. The molecule has 0 aliphatic heterocycles. The van der Waals surface area contributed by atoms with E-state index in [-0.39, 0.29) is 10.8 Å². The van der Waals surface area contributed by atoms with Crippen LogP contribution in [-0.2, 0) is 0 Å². The lowest BCUT2D eigenvalue weighted by atomic mass is 10.1. The van der Waals surface area contributed by atoms with Crippen LogP contribution in [0.1, 0.15) is 17.3 Å². The summed E-state index contributed by atoms with van der Waals surface area (Å²) in [6, 6.07) is 8.88. The van der Waals surface area contributed by atoms with E-state index in [2.05, 4.69) is 15.9 Å². The predicted molar refractivity (Wildman–Crippen MR) is 75.6 cm³/mol. The molecule has 0 fully saturated rings. The standard InChI is InChI=1S/C14H9BrClFO2/c1-8(18)11-6-9(15)2-4-13(11)19-14-5-3-10(17)7-12(14)16/h2-7H,1H3. The van der Waals surface area contributed by atoms with Crippen LogP contribution in [0.2, 0.25) is 5.02 Å². The van der Waals surface area contributed by atoms with Gasteiger partial charge in [0.25, 0.3) is 0 Å². The van der Waals surface area contributed by atoms with Gasteiger partial charge in [0.1, 0.15) is 17.3 Å². The third kappa shape index (κ3) is 3.33. The first-order chi connectivity index (χ1) is 8.97. The second-order valence-corrected chi connectivity index (χ2v) is 5.20. The maximum absolute atomic E-state index is 12.9. The molecule has 0 saturated carbocycles. The number of hydrogen-bond acceptors (Lipinski definition) is 2. The Bertz CT molecular complexity index is 643. The van der Waals surface area contributed by atoms with Crippen LogP contribution in [0, 0.1) is 5.82 Å². The SMILES string of the molecule is CC(=O)c1cc(Br)ccc1Oc1ccc(F)cc1Cl. The number of ether oxygens (including phenoxy) is 1. The number of benzene rings is 2. The van der Waals surface area contributed by atoms with Crippen molar-refractivity contribution in [2.75, 3.05) is 0 Å². The molecular formula is C14H9BrClFO2. The van der Waals surface area contributed by atoms with E-state index in [0.717, 1.165) is 10.5 Å². The van der Waals surface area contributed by atoms with Crippen molar-refractivity contribution < 1.29 is 13.9 Å². The molecule has 2 rings (SSSR count). The molecule has 0 saturated heterocycles. The van der Waals surface area contributed by atoms with Crippen molar-refractivity contribution in [2.45, 2.75) is 6.92 Å². The Morgan fingerprint density at radius 1 is 1.21 bits per heavy atom. The number of Topliss-reactive ketones (excluding diaryl/α,β-unsaturated/α-hetero) is 1. The molecule has 0 atom stereocenters. The quantitative estimate of drug-likeness (QED) is 0.713. The Kier molecular flexibility index (Phi) is 4.22. The van der Waals surface area contributed by atoms with E-state index in [1.807, 2.05) is 0 Å². The summed E-state index contributed by atoms with van der Waals surface area (Å²) in [4.78, 5) is 11.6. The van der Waals surface area contributed by atoms with E-state index < -0.39 is 5.82 Å². The van der Waals surface area contributed by atoms with Crippen molar-refractivity contribution in [3.05, 3.63) is 57.3 Å². The number of rotatable bonds is 3. The molecule has 0 aliphatic carbocycles. The van der Waals surface area contributed by atoms with Crippen LogP contribution in [0.3, 0.4) is 0 Å². The normalized spacial score (nSPS) is 10.3. The van der Waals surface area contributed by atoms with E-state index in [1.54, 1.807) is 18.2 Å². The number of ketones is 1. The zero-order chi connectivity index (χ0) is 14.0. The summed E-state index contributed by atoms with van der Waals surface area (Å²) in [6.07, 6.45) is 0. The van der Waals surface area contributed by atoms with Crippen LogP contribution in [0.5, 0.6) is 11.5 Å². The average molecular weight is 344 g/mol. The molecule has 2 aromatic rings. The molecule has 0 heterocycles. The molecule has 0 aromatic heterocycles. The maximum Gasteiger partial charge on any atom is 0.163 e. The van der Waals surface area contributed by atoms with Gasteiger partial charge in [0.15, 0.2) is 5.78 Å². The molecule has 5 heteroatoms. The van der Waals surface area contributed by atoms with Crippen molar-refractivity contribution in [2.24, 2.45) is 0 Å². The highest BCUT2D eigenvalue weighted by Crippen LogP contribution is 2.33. The molecule has 0 amide bonds. The molecule has 19 heavy (non-hydrogen) atoms. The smallest absolute Gasteiger partial charge is 0.163 e. The van der Waals surface area contributed by atoms with Crippen LogP contribution in [-0.4, -0.2) is 5.78 Å². The number of halogens is 3. The largest absolute Gasteiger partial charge is 0.455 e. The summed E-state index contributed by atoms with van der Waals surface area (Å²) in [6.45, 7) is 1.45. The van der Waals surface area contributed by atoms with Crippen molar-refractivity contribution in [3.63, 3.8) is 0 Å². The predicted octanol–water partition coefficient (Wildman–Crippen LogP) is 5.24. The Morgan fingerprint density at radius 3 is 2.53 bits per heavy atom. The van der Waals surface area contributed by atoms with Gasteiger partial charge in [-0.2, -0.15) is 0 Å². The average Bonchev–Trinajstić information content (AvgIpc) is 2.34. The monoisotopic (exact) mass is 342 g/mol. The lowest BCUT2D eigenvalue weighted by Gasteiger charge is -2.11. The van der Waals surface area contributed by atoms with Gasteiger partial charge in [-0.15, -0.1) is 0 Å². The minimum atomic E-state index is -0.444. The minimum absolute atomic E-state index is 0.130. The molecule has 98 valence electrons. The zero-order valence-electron chi connectivity index (χ0n) is 9.91. The van der Waals surface area contributed by atoms with Crippen LogP contribution >= 0.6 is 27.5 Å². The van der Waals surface area contributed by atoms with Crippen molar-refractivity contribution in [1.29, 1.82) is 0 Å². The van der Waals surface area contributed by atoms with Gasteiger partial charge in [0.2, 0.25) is 0 Å². The second kappa shape index (κ2) is 5.72. The van der Waals surface area contributed by atoms with Gasteiger partial charge in [-0.25, -0.2) is 4.39 Å². The summed E-state index contributed by atoms with van der Waals surface area (Å²) < 4.78 is 19.3. The molecule has 0 radical (unpaired) electrons. The molecule has 0 unspecified atom stereocenters. The summed E-state index contributed by atoms with van der Waals surface area (Å²) in [7, 11) is 0. The van der Waals surface area contributed by atoms with Gasteiger partial charge in [-0.1, -0.05) is 27.5 Å². The van der Waals surface area contributed by atoms with Gasteiger partial charge in [0, 0.05) is 4.47 Å². The molecule has 0 N–H and O–H groups in total. The van der Waals surface area contributed by atoms with Crippen LogP contribution < -0.4 is 4.74 Å². The minimum Gasteiger partial charge on any atom is -0.455 e. The lowest BCUT2D eigenvalue weighted by molar-refractivity contribution is 0.101. The molecular weight excluding hydrogens is 335 g/mol. The number of carbonyl (C=O) groups is 1. The Labute approximate surface area is 123 Å². The van der Waals surface area contributed by atoms with E-state index in [9.17, 15) is 9.18 Å². The summed E-state index contributed by atoms with van der Waals surface area (Å²) >= 11 is 9.17. The first-order valence-corrected chi connectivity index (χ1v) is 6.58. The highest BCUT2D eigenvalue weighted by molar-refractivity contribution is 9.10. The molecule has 0 spiro atoms. The first-order valence-electron chi connectivity index (χ1n) is 5.41. The second-order valence-electron chi connectivity index (χ2n) is 3.87. The fourth-order valence-corrected chi connectivity index (χ4v) is 2.11. The highest BCUT2D eigenvalue weighted by Gasteiger charge is 2.12. The fourth-order valence-electron chi connectivity index (χ4n) is 1.54. The molecule has 2 nitrogen and oxygen atoms in total. The Balaban J connectivity index is 2.40. The van der Waals surface area contributed by atoms with Gasteiger partial charge in [-0.3, -0.25) is 4.79 Å². The molecule has 0 aliphatic rings. The third-order valence-electron chi connectivity index (χ3n) is 2.43. The zero-order valence-corrected chi connectivity index (χ0v) is 12.3. The van der Waals surface area contributed by atoms with E-state index in [0.29, 0.717) is 17.1 Å². The molecule has 0 bridgehead atoms. The fraction of sp³-hybridized carbons (Fsp3) is 0.0714. The van der Waals surface area contributed by atoms with Gasteiger partial charge < -0.3 is 4.74 Å².